The monoisotopic (exact) mass is 1300 g/mol. The lowest BCUT2D eigenvalue weighted by Gasteiger charge is -2.51. The van der Waals surface area contributed by atoms with E-state index in [4.69, 9.17) is 0 Å². The quantitative estimate of drug-likeness (QED) is 0.133. The normalized spacial score (nSPS) is 16.9. The van der Waals surface area contributed by atoms with Gasteiger partial charge in [-0.3, -0.25) is 0 Å². The summed E-state index contributed by atoms with van der Waals surface area (Å²) in [6.07, 6.45) is 0. The topological polar surface area (TPSA) is 6.48 Å². The molecular weight excluding hydrogens is 1230 g/mol. The molecule has 18 aromatic rings. The van der Waals surface area contributed by atoms with Crippen molar-refractivity contribution in [2.75, 3.05) is 9.80 Å². The molecular formula is C100H68N2. The molecule has 478 valence electrons. The molecule has 0 radical (unpaired) electrons. The highest BCUT2D eigenvalue weighted by atomic mass is 15.2. The maximum Gasteiger partial charge on any atom is 0.0642 e. The third kappa shape index (κ3) is 7.38. The summed E-state index contributed by atoms with van der Waals surface area (Å²) in [6.45, 7) is 9.63. The highest BCUT2D eigenvalue weighted by Gasteiger charge is 2.64. The van der Waals surface area contributed by atoms with Crippen LogP contribution in [0.25, 0.3) is 109 Å². The van der Waals surface area contributed by atoms with Crippen LogP contribution < -0.4 is 9.80 Å². The van der Waals surface area contributed by atoms with Gasteiger partial charge in [-0.1, -0.05) is 307 Å². The number of nitrogens with zero attached hydrogens (tertiary/aromatic N) is 2. The van der Waals surface area contributed by atoms with Crippen LogP contribution in [-0.4, -0.2) is 0 Å². The molecule has 0 aromatic heterocycles. The van der Waals surface area contributed by atoms with E-state index in [0.717, 1.165) is 34.1 Å². The fourth-order valence-electron chi connectivity index (χ4n) is 20.4. The minimum atomic E-state index is -0.922. The fourth-order valence-corrected chi connectivity index (χ4v) is 20.4. The molecule has 0 aliphatic heterocycles. The highest BCUT2D eigenvalue weighted by molar-refractivity contribution is 6.27. The molecule has 0 fully saturated rings. The second-order valence-corrected chi connectivity index (χ2v) is 30.1. The standard InChI is InChI=1S/C100H68N2/c1-97(2)83-33-15-11-29-73(83)77-51-45-69(57-87(77)97)101(91-55-43-65-39-37-61-21-19-23-63-41-49-81(91)95(65)93(61)63)71-47-53-79-75-31-13-17-35-85(75)99(89(79)59-71,67-25-7-5-8-26-67)100(68-27-9-6-10-28-68)86-36-18-14-32-76(86)80-54-48-72(60-90(80)100)102(70-46-52-78-74-30-12-16-34-84(74)98(3,4)88(78)58-70)92-56-44-66-40-38-62-22-20-24-64-42-50-82(92)96(66)94(62)64/h5-60H,1-4H3. The third-order valence-corrected chi connectivity index (χ3v) is 24.7. The molecule has 2 atom stereocenters. The SMILES string of the molecule is CC1(C)c2ccccc2-c2ccc(N(c3ccc4c(c3)C(c3ccccc3)(C3(c5ccccc5)c5ccccc5-c5ccc(N(c6ccc7c(c6)C(C)(C)c6ccccc6-7)c6ccc7ccc8cccc9ccc6c7c89)cc53)c3ccccc3-4)c3ccc4ccc5cccc6ccc3c4c56)cc21. The number of anilines is 6. The first kappa shape index (κ1) is 57.5. The highest BCUT2D eigenvalue weighted by Crippen LogP contribution is 2.71. The average molecular weight is 1300 g/mol. The maximum atomic E-state index is 2.63. The van der Waals surface area contributed by atoms with Gasteiger partial charge < -0.3 is 9.80 Å². The molecule has 4 aliphatic carbocycles. The summed E-state index contributed by atoms with van der Waals surface area (Å²) >= 11 is 0. The van der Waals surface area contributed by atoms with E-state index in [1.165, 1.54) is 165 Å². The molecule has 18 aromatic carbocycles. The predicted molar refractivity (Wildman–Crippen MR) is 428 cm³/mol. The summed E-state index contributed by atoms with van der Waals surface area (Å²) in [6, 6.07) is 132. The lowest BCUT2D eigenvalue weighted by atomic mass is 9.49. The third-order valence-electron chi connectivity index (χ3n) is 24.7. The Morgan fingerprint density at radius 1 is 0.196 bits per heavy atom. The van der Waals surface area contributed by atoms with Gasteiger partial charge in [0.15, 0.2) is 0 Å². The summed E-state index contributed by atoms with van der Waals surface area (Å²) in [5.41, 5.74) is 27.4. The molecule has 0 heterocycles. The predicted octanol–water partition coefficient (Wildman–Crippen LogP) is 26.4. The van der Waals surface area contributed by atoms with Gasteiger partial charge in [-0.05, 0) is 215 Å². The van der Waals surface area contributed by atoms with Crippen LogP contribution in [0.2, 0.25) is 0 Å². The van der Waals surface area contributed by atoms with Gasteiger partial charge in [0.25, 0.3) is 0 Å². The molecule has 0 saturated heterocycles. The smallest absolute Gasteiger partial charge is 0.0642 e. The Labute approximate surface area is 594 Å². The lowest BCUT2D eigenvalue weighted by Crippen LogP contribution is -2.50. The van der Waals surface area contributed by atoms with E-state index in [1.54, 1.807) is 0 Å². The second kappa shape index (κ2) is 20.6. The molecule has 102 heavy (non-hydrogen) atoms. The molecule has 4 aliphatic rings. The number of hydrogen-bond donors (Lipinski definition) is 0. The molecule has 0 spiro atoms. The maximum absolute atomic E-state index is 2.63. The summed E-state index contributed by atoms with van der Waals surface area (Å²) in [5.74, 6) is 0. The van der Waals surface area contributed by atoms with Gasteiger partial charge in [0, 0.05) is 44.4 Å². The zero-order valence-corrected chi connectivity index (χ0v) is 57.2. The molecule has 0 N–H and O–H groups in total. The lowest BCUT2D eigenvalue weighted by molar-refractivity contribution is 0.437. The summed E-state index contributed by atoms with van der Waals surface area (Å²) < 4.78 is 0. The van der Waals surface area contributed by atoms with Crippen molar-refractivity contribution < 1.29 is 0 Å². The fraction of sp³-hybridized carbons (Fsp3) is 0.0800. The Kier molecular flexibility index (Phi) is 11.6. The summed E-state index contributed by atoms with van der Waals surface area (Å²) in [4.78, 5) is 5.22. The number of benzene rings is 18. The van der Waals surface area contributed by atoms with Crippen LogP contribution in [0.4, 0.5) is 34.1 Å². The van der Waals surface area contributed by atoms with E-state index in [1.807, 2.05) is 0 Å². The molecule has 0 amide bonds. The first-order valence-electron chi connectivity index (χ1n) is 36.1. The number of fused-ring (bicyclic) bond motifs is 12. The van der Waals surface area contributed by atoms with Gasteiger partial charge >= 0.3 is 0 Å². The van der Waals surface area contributed by atoms with E-state index in [9.17, 15) is 0 Å². The summed E-state index contributed by atoms with van der Waals surface area (Å²) in [5, 5.41) is 15.1. The largest absolute Gasteiger partial charge is 0.310 e. The van der Waals surface area contributed by atoms with Crippen molar-refractivity contribution in [3.8, 4) is 44.5 Å². The minimum Gasteiger partial charge on any atom is -0.310 e. The zero-order chi connectivity index (χ0) is 67.5. The van der Waals surface area contributed by atoms with E-state index in [0.29, 0.717) is 0 Å². The van der Waals surface area contributed by atoms with Crippen molar-refractivity contribution in [2.45, 2.75) is 49.4 Å². The number of rotatable bonds is 9. The Morgan fingerprint density at radius 2 is 0.471 bits per heavy atom. The van der Waals surface area contributed by atoms with Crippen LogP contribution in [0.3, 0.4) is 0 Å². The second-order valence-electron chi connectivity index (χ2n) is 30.1. The van der Waals surface area contributed by atoms with Crippen LogP contribution in [0.5, 0.6) is 0 Å². The molecule has 2 unspecified atom stereocenters. The number of hydrogen-bond acceptors (Lipinski definition) is 2. The van der Waals surface area contributed by atoms with E-state index in [2.05, 4.69) is 377 Å². The van der Waals surface area contributed by atoms with Gasteiger partial charge in [0.2, 0.25) is 0 Å². The Balaban J connectivity index is 0.848. The van der Waals surface area contributed by atoms with Crippen molar-refractivity contribution in [3.63, 3.8) is 0 Å². The molecule has 0 bridgehead atoms. The van der Waals surface area contributed by atoms with Crippen molar-refractivity contribution in [3.05, 3.63) is 395 Å². The van der Waals surface area contributed by atoms with Crippen molar-refractivity contribution in [1.29, 1.82) is 0 Å². The van der Waals surface area contributed by atoms with Gasteiger partial charge in [-0.2, -0.15) is 0 Å². The van der Waals surface area contributed by atoms with Crippen LogP contribution >= 0.6 is 0 Å². The molecule has 0 saturated carbocycles. The van der Waals surface area contributed by atoms with Crippen LogP contribution in [0.15, 0.2) is 340 Å². The van der Waals surface area contributed by atoms with Crippen molar-refractivity contribution in [1.82, 2.24) is 0 Å². The van der Waals surface area contributed by atoms with E-state index >= 15 is 0 Å². The zero-order valence-electron chi connectivity index (χ0n) is 57.2. The van der Waals surface area contributed by atoms with Crippen LogP contribution in [-0.2, 0) is 21.7 Å². The van der Waals surface area contributed by atoms with Crippen molar-refractivity contribution >= 4 is 98.8 Å². The Morgan fingerprint density at radius 3 is 0.843 bits per heavy atom. The minimum absolute atomic E-state index is 0.235. The van der Waals surface area contributed by atoms with Crippen molar-refractivity contribution in [2.24, 2.45) is 0 Å². The summed E-state index contributed by atoms with van der Waals surface area (Å²) in [7, 11) is 0. The van der Waals surface area contributed by atoms with Gasteiger partial charge in [0.05, 0.1) is 22.2 Å². The first-order valence-corrected chi connectivity index (χ1v) is 36.1. The van der Waals surface area contributed by atoms with E-state index < -0.39 is 10.8 Å². The Bertz CT molecular complexity index is 6160. The molecule has 22 rings (SSSR count). The van der Waals surface area contributed by atoms with Gasteiger partial charge in [-0.15, -0.1) is 0 Å². The molecule has 2 nitrogen and oxygen atoms in total. The van der Waals surface area contributed by atoms with E-state index in [-0.39, 0.29) is 10.8 Å². The van der Waals surface area contributed by atoms with Crippen LogP contribution in [0, 0.1) is 0 Å². The molecule has 2 heteroatoms. The first-order chi connectivity index (χ1) is 50.1. The van der Waals surface area contributed by atoms with Gasteiger partial charge in [-0.25, -0.2) is 0 Å². The van der Waals surface area contributed by atoms with Crippen LogP contribution in [0.1, 0.15) is 83.3 Å². The van der Waals surface area contributed by atoms with Gasteiger partial charge in [0.1, 0.15) is 0 Å². The Hall–Kier alpha value is -12.4. The average Bonchev–Trinajstić information content (AvgIpc) is 1.46.